The fraction of sp³-hybridized carbons (Fsp3) is 0.850. The summed E-state index contributed by atoms with van der Waals surface area (Å²) in [5.41, 5.74) is 1.24. The maximum absolute atomic E-state index is 13.3. The van der Waals surface area contributed by atoms with Gasteiger partial charge >= 0.3 is 0 Å². The molecule has 9 bridgehead atoms. The summed E-state index contributed by atoms with van der Waals surface area (Å²) in [7, 11) is 0. The van der Waals surface area contributed by atoms with Gasteiger partial charge in [-0.25, -0.2) is 0 Å². The van der Waals surface area contributed by atoms with Crippen LogP contribution >= 0.6 is 0 Å². The minimum atomic E-state index is -0.301. The molecule has 3 heteroatoms. The molecule has 23 heavy (non-hydrogen) atoms. The van der Waals surface area contributed by atoms with Gasteiger partial charge in [-0.15, -0.1) is 0 Å². The van der Waals surface area contributed by atoms with Gasteiger partial charge in [-0.2, -0.15) is 0 Å². The van der Waals surface area contributed by atoms with Gasteiger partial charge < -0.3 is 5.11 Å². The van der Waals surface area contributed by atoms with Crippen LogP contribution in [-0.2, 0) is 4.79 Å². The van der Waals surface area contributed by atoms with Crippen molar-refractivity contribution in [1.82, 2.24) is 4.90 Å². The van der Waals surface area contributed by atoms with E-state index in [2.05, 4.69) is 18.4 Å². The molecule has 2 spiro atoms. The molecule has 3 nitrogen and oxygen atoms in total. The van der Waals surface area contributed by atoms with E-state index in [9.17, 15) is 9.90 Å². The molecule has 122 valence electrons. The number of ketones is 1. The van der Waals surface area contributed by atoms with Gasteiger partial charge in [0.2, 0.25) is 0 Å². The largest absolute Gasteiger partial charge is 0.392 e. The number of hydrogen-bond acceptors (Lipinski definition) is 3. The topological polar surface area (TPSA) is 40.5 Å². The van der Waals surface area contributed by atoms with Crippen LogP contribution in [0, 0.1) is 39.9 Å². The van der Waals surface area contributed by atoms with Crippen LogP contribution in [0.1, 0.15) is 39.0 Å². The molecule has 1 N–H and O–H groups in total. The lowest BCUT2D eigenvalue weighted by Crippen LogP contribution is -2.67. The van der Waals surface area contributed by atoms with Gasteiger partial charge in [0, 0.05) is 35.9 Å². The van der Waals surface area contributed by atoms with Gasteiger partial charge in [-0.05, 0) is 53.9 Å². The third-order valence-electron chi connectivity index (χ3n) is 10.1. The number of nitrogens with zero attached hydrogens (tertiary/aromatic N) is 1. The van der Waals surface area contributed by atoms with Crippen molar-refractivity contribution in [2.75, 3.05) is 6.54 Å². The van der Waals surface area contributed by atoms with Crippen molar-refractivity contribution in [3.8, 4) is 0 Å². The summed E-state index contributed by atoms with van der Waals surface area (Å²) in [5, 5.41) is 11.3. The fourth-order valence-electron chi connectivity index (χ4n) is 10.2. The smallest absolute Gasteiger partial charge is 0.165 e. The molecule has 11 atom stereocenters. The highest BCUT2D eigenvalue weighted by atomic mass is 16.3. The summed E-state index contributed by atoms with van der Waals surface area (Å²) in [5.74, 6) is 1.93. The number of Topliss-reactive ketones (excluding diaryl/α,β-unsaturated/α-hetero) is 1. The Hall–Kier alpha value is -0.670. The average Bonchev–Trinajstić information content (AvgIpc) is 2.93. The first-order valence-corrected chi connectivity index (χ1v) is 9.64. The second-order valence-electron chi connectivity index (χ2n) is 10.3. The van der Waals surface area contributed by atoms with E-state index in [1.165, 1.54) is 25.8 Å². The molecule has 9 rings (SSSR count). The maximum atomic E-state index is 13.3. The normalized spacial score (nSPS) is 72.4. The van der Waals surface area contributed by atoms with E-state index in [0.29, 0.717) is 29.2 Å². The van der Waals surface area contributed by atoms with E-state index >= 15 is 0 Å². The zero-order valence-electron chi connectivity index (χ0n) is 13.8. The minimum Gasteiger partial charge on any atom is -0.392 e. The van der Waals surface area contributed by atoms with E-state index < -0.39 is 0 Å². The van der Waals surface area contributed by atoms with Crippen molar-refractivity contribution >= 4 is 5.78 Å². The SMILES string of the molecule is C=C1C(=O)[C@@]23C[C@@H]4[C@@H]5[C@@]6(C)CCC[C@@]57[C@@H]2[C@@H](O)[C@@H]1C[C@H]3[C@H]7N4C6. The Morgan fingerprint density at radius 3 is 2.96 bits per heavy atom. The highest BCUT2D eigenvalue weighted by Crippen LogP contribution is 2.86. The predicted molar refractivity (Wildman–Crippen MR) is 84.5 cm³/mol. The first-order valence-electron chi connectivity index (χ1n) is 9.64. The Morgan fingerprint density at radius 2 is 2.13 bits per heavy atom. The van der Waals surface area contributed by atoms with Gasteiger partial charge in [-0.1, -0.05) is 19.9 Å². The van der Waals surface area contributed by atoms with Crippen molar-refractivity contribution in [3.63, 3.8) is 0 Å². The van der Waals surface area contributed by atoms with E-state index in [1.807, 2.05) is 0 Å². The third-order valence-corrected chi connectivity index (χ3v) is 10.1. The quantitative estimate of drug-likeness (QED) is 0.696. The Kier molecular flexibility index (Phi) is 1.71. The van der Waals surface area contributed by atoms with E-state index in [1.54, 1.807) is 0 Å². The first kappa shape index (κ1) is 12.7. The number of carbonyl (C=O) groups is 1. The van der Waals surface area contributed by atoms with Crippen LogP contribution in [-0.4, -0.2) is 40.5 Å². The number of fused-ring (bicyclic) bond motifs is 1. The standard InChI is InChI=1S/C20H25NO2/c1-9-10-6-11-16-19-5-3-4-18(2)8-21(16)12(14(18)19)7-20(11,17(9)23)15(19)13(10)22/h10-16,22H,1,3-8H2,2H3/t10-,11+,12-,13+,14-,15+,16-,18+,19+,20-/m1/s1. The third kappa shape index (κ3) is 0.877. The molecule has 6 aliphatic carbocycles. The molecule has 9 fully saturated rings. The van der Waals surface area contributed by atoms with Crippen LogP contribution in [0.3, 0.4) is 0 Å². The van der Waals surface area contributed by atoms with Crippen molar-refractivity contribution < 1.29 is 9.90 Å². The second kappa shape index (κ2) is 3.10. The Balaban J connectivity index is 1.56. The van der Waals surface area contributed by atoms with E-state index in [4.69, 9.17) is 0 Å². The molecule has 1 unspecified atom stereocenters. The van der Waals surface area contributed by atoms with E-state index in [-0.39, 0.29) is 28.8 Å². The maximum Gasteiger partial charge on any atom is 0.165 e. The lowest BCUT2D eigenvalue weighted by Gasteiger charge is -2.63. The van der Waals surface area contributed by atoms with E-state index in [0.717, 1.165) is 24.3 Å². The highest BCUT2D eigenvalue weighted by molar-refractivity contribution is 6.03. The molecule has 0 aromatic rings. The van der Waals surface area contributed by atoms with Gasteiger partial charge in [-0.3, -0.25) is 9.69 Å². The van der Waals surface area contributed by atoms with Gasteiger partial charge in [0.15, 0.2) is 5.78 Å². The monoisotopic (exact) mass is 311 g/mol. The summed E-state index contributed by atoms with van der Waals surface area (Å²) in [6.07, 6.45) is 5.67. The number of rotatable bonds is 0. The van der Waals surface area contributed by atoms with Gasteiger partial charge in [0.1, 0.15) is 0 Å². The van der Waals surface area contributed by atoms with Crippen molar-refractivity contribution in [3.05, 3.63) is 12.2 Å². The van der Waals surface area contributed by atoms with Crippen molar-refractivity contribution in [2.45, 2.75) is 57.2 Å². The predicted octanol–water partition coefficient (Wildman–Crippen LogP) is 2.00. The van der Waals surface area contributed by atoms with Crippen LogP contribution in [0.25, 0.3) is 0 Å². The molecular weight excluding hydrogens is 286 g/mol. The summed E-state index contributed by atoms with van der Waals surface area (Å²) < 4.78 is 0. The fourth-order valence-corrected chi connectivity index (χ4v) is 10.2. The highest BCUT2D eigenvalue weighted by Gasteiger charge is 2.89. The first-order chi connectivity index (χ1) is 11.0. The number of aliphatic hydroxyl groups is 1. The zero-order valence-corrected chi connectivity index (χ0v) is 13.8. The number of piperidine rings is 2. The molecule has 3 heterocycles. The number of aliphatic hydroxyl groups excluding tert-OH is 1. The summed E-state index contributed by atoms with van der Waals surface area (Å²) in [6, 6.07) is 1.22. The summed E-state index contributed by atoms with van der Waals surface area (Å²) >= 11 is 0. The van der Waals surface area contributed by atoms with Crippen molar-refractivity contribution in [2.24, 2.45) is 39.9 Å². The molecular formula is C20H25NO2. The Labute approximate surface area is 137 Å². The lowest BCUT2D eigenvalue weighted by atomic mass is 9.40. The van der Waals surface area contributed by atoms with Crippen LogP contribution in [0.2, 0.25) is 0 Å². The molecule has 0 aromatic heterocycles. The molecule has 3 saturated heterocycles. The van der Waals surface area contributed by atoms with Gasteiger partial charge in [0.05, 0.1) is 6.10 Å². The zero-order chi connectivity index (χ0) is 15.5. The van der Waals surface area contributed by atoms with Gasteiger partial charge in [0.25, 0.3) is 0 Å². The number of hydrogen-bond donors (Lipinski definition) is 1. The van der Waals surface area contributed by atoms with Crippen LogP contribution < -0.4 is 0 Å². The van der Waals surface area contributed by atoms with Crippen LogP contribution in [0.5, 0.6) is 0 Å². The van der Waals surface area contributed by atoms with Crippen molar-refractivity contribution in [1.29, 1.82) is 0 Å². The summed E-state index contributed by atoms with van der Waals surface area (Å²) in [6.45, 7) is 7.89. The van der Waals surface area contributed by atoms with Crippen LogP contribution in [0.15, 0.2) is 12.2 Å². The summed E-state index contributed by atoms with van der Waals surface area (Å²) in [4.78, 5) is 16.2. The lowest BCUT2D eigenvalue weighted by molar-refractivity contribution is -0.183. The van der Waals surface area contributed by atoms with Crippen LogP contribution in [0.4, 0.5) is 0 Å². The molecule has 0 amide bonds. The molecule has 6 saturated carbocycles. The Bertz CT molecular complexity index is 716. The number of carbonyl (C=O) groups excluding carboxylic acids is 1. The second-order valence-corrected chi connectivity index (χ2v) is 10.3. The molecule has 9 aliphatic rings. The Morgan fingerprint density at radius 1 is 1.30 bits per heavy atom. The minimum absolute atomic E-state index is 0.0599. The molecule has 0 aromatic carbocycles. The average molecular weight is 311 g/mol. The molecule has 3 aliphatic heterocycles. The molecule has 0 radical (unpaired) electrons.